The summed E-state index contributed by atoms with van der Waals surface area (Å²) in [4.78, 5) is 29.6. The number of pyridine rings is 1. The zero-order chi connectivity index (χ0) is 24.5. The van der Waals surface area contributed by atoms with Crippen molar-refractivity contribution in [1.82, 2.24) is 19.9 Å². The van der Waals surface area contributed by atoms with Crippen molar-refractivity contribution >= 4 is 28.6 Å². The number of benzene rings is 2. The van der Waals surface area contributed by atoms with E-state index in [0.29, 0.717) is 43.0 Å². The maximum Gasteiger partial charge on any atom is 0.321 e. The molecule has 1 aliphatic rings. The quantitative estimate of drug-likeness (QED) is 0.430. The Morgan fingerprint density at radius 2 is 1.69 bits per heavy atom. The SMILES string of the molecule is Cc1cccc(NC(=O)N2CCN(c3ncnc4ccc(-c5cc(F)c(F)c(F)c5)nc34)CC2)c1. The zero-order valence-electron chi connectivity index (χ0n) is 18.8. The number of carbonyl (C=O) groups excluding carboxylic acids is 1. The molecule has 0 aliphatic carbocycles. The summed E-state index contributed by atoms with van der Waals surface area (Å²) in [6.07, 6.45) is 1.42. The number of hydrogen-bond donors (Lipinski definition) is 1. The number of urea groups is 1. The summed E-state index contributed by atoms with van der Waals surface area (Å²) in [6, 6.07) is 12.5. The highest BCUT2D eigenvalue weighted by atomic mass is 19.2. The summed E-state index contributed by atoms with van der Waals surface area (Å²) >= 11 is 0. The van der Waals surface area contributed by atoms with Crippen LogP contribution in [0.4, 0.5) is 29.5 Å². The molecule has 2 aromatic heterocycles. The Bertz CT molecular complexity index is 1400. The van der Waals surface area contributed by atoms with Crippen LogP contribution in [-0.4, -0.2) is 52.1 Å². The Morgan fingerprint density at radius 3 is 2.40 bits per heavy atom. The van der Waals surface area contributed by atoms with Crippen molar-refractivity contribution in [2.24, 2.45) is 0 Å². The topological polar surface area (TPSA) is 74.2 Å². The van der Waals surface area contributed by atoms with Crippen molar-refractivity contribution in [3.05, 3.63) is 77.9 Å². The van der Waals surface area contributed by atoms with Crippen molar-refractivity contribution in [3.63, 3.8) is 0 Å². The molecule has 0 bridgehead atoms. The van der Waals surface area contributed by atoms with Crippen molar-refractivity contribution in [3.8, 4) is 11.3 Å². The fourth-order valence-corrected chi connectivity index (χ4v) is 4.07. The molecule has 1 N–H and O–H groups in total. The highest BCUT2D eigenvalue weighted by Gasteiger charge is 2.24. The Kier molecular flexibility index (Phi) is 5.94. The van der Waals surface area contributed by atoms with E-state index in [9.17, 15) is 18.0 Å². The number of piperazine rings is 1. The van der Waals surface area contributed by atoms with E-state index >= 15 is 0 Å². The van der Waals surface area contributed by atoms with Crippen molar-refractivity contribution in [2.75, 3.05) is 36.4 Å². The first kappa shape index (κ1) is 22.6. The number of aromatic nitrogens is 3. The van der Waals surface area contributed by atoms with E-state index in [2.05, 4.69) is 20.3 Å². The lowest BCUT2D eigenvalue weighted by Crippen LogP contribution is -2.50. The minimum atomic E-state index is -1.53. The average molecular weight is 478 g/mol. The van der Waals surface area contributed by atoms with Gasteiger partial charge in [-0.25, -0.2) is 32.9 Å². The number of aryl methyl sites for hydroxylation is 1. The number of carbonyl (C=O) groups is 1. The van der Waals surface area contributed by atoms with E-state index in [0.717, 1.165) is 23.4 Å². The van der Waals surface area contributed by atoms with Gasteiger partial charge in [-0.3, -0.25) is 0 Å². The van der Waals surface area contributed by atoms with Gasteiger partial charge < -0.3 is 15.1 Å². The molecule has 0 saturated carbocycles. The van der Waals surface area contributed by atoms with E-state index < -0.39 is 17.5 Å². The molecule has 1 aliphatic heterocycles. The van der Waals surface area contributed by atoms with Gasteiger partial charge in [-0.2, -0.15) is 0 Å². The number of anilines is 2. The summed E-state index contributed by atoms with van der Waals surface area (Å²) in [5.41, 5.74) is 3.18. The lowest BCUT2D eigenvalue weighted by atomic mass is 10.1. The third-order valence-electron chi connectivity index (χ3n) is 5.88. The molecule has 1 saturated heterocycles. The summed E-state index contributed by atoms with van der Waals surface area (Å²) < 4.78 is 40.9. The molecule has 2 amide bonds. The van der Waals surface area contributed by atoms with E-state index in [-0.39, 0.29) is 17.3 Å². The van der Waals surface area contributed by atoms with Gasteiger partial charge in [-0.15, -0.1) is 0 Å². The smallest absolute Gasteiger partial charge is 0.321 e. The minimum Gasteiger partial charge on any atom is -0.351 e. The summed E-state index contributed by atoms with van der Waals surface area (Å²) in [5.74, 6) is -3.54. The first-order chi connectivity index (χ1) is 16.9. The van der Waals surface area contributed by atoms with Gasteiger partial charge in [-0.05, 0) is 48.9 Å². The number of hydrogen-bond acceptors (Lipinski definition) is 5. The highest BCUT2D eigenvalue weighted by molar-refractivity contribution is 5.90. The van der Waals surface area contributed by atoms with Crippen LogP contribution in [0.1, 0.15) is 5.56 Å². The second-order valence-corrected chi connectivity index (χ2v) is 8.29. The third kappa shape index (κ3) is 4.59. The van der Waals surface area contributed by atoms with E-state index in [1.165, 1.54) is 6.33 Å². The molecule has 7 nitrogen and oxygen atoms in total. The van der Waals surface area contributed by atoms with E-state index in [4.69, 9.17) is 0 Å². The molecule has 10 heteroatoms. The Morgan fingerprint density at radius 1 is 0.943 bits per heavy atom. The predicted octanol–water partition coefficient (Wildman–Crippen LogP) is 4.77. The molecule has 35 heavy (non-hydrogen) atoms. The number of nitrogens with zero attached hydrogens (tertiary/aromatic N) is 5. The van der Waals surface area contributed by atoms with Gasteiger partial charge in [0, 0.05) is 37.4 Å². The summed E-state index contributed by atoms with van der Waals surface area (Å²) in [6.45, 7) is 3.93. The number of nitrogens with one attached hydrogen (secondary N) is 1. The van der Waals surface area contributed by atoms with Crippen LogP contribution in [0, 0.1) is 24.4 Å². The maximum absolute atomic E-state index is 13.8. The van der Waals surface area contributed by atoms with Crippen molar-refractivity contribution < 1.29 is 18.0 Å². The Labute approximate surface area is 199 Å². The molecule has 0 radical (unpaired) electrons. The third-order valence-corrected chi connectivity index (χ3v) is 5.88. The van der Waals surface area contributed by atoms with Crippen LogP contribution in [0.3, 0.4) is 0 Å². The van der Waals surface area contributed by atoms with Gasteiger partial charge in [-0.1, -0.05) is 12.1 Å². The van der Waals surface area contributed by atoms with Crippen LogP contribution in [0.25, 0.3) is 22.3 Å². The lowest BCUT2D eigenvalue weighted by Gasteiger charge is -2.35. The molecule has 0 unspecified atom stereocenters. The van der Waals surface area contributed by atoms with Crippen LogP contribution >= 0.6 is 0 Å². The molecule has 4 aromatic rings. The molecular weight excluding hydrogens is 457 g/mol. The molecule has 3 heterocycles. The predicted molar refractivity (Wildman–Crippen MR) is 127 cm³/mol. The minimum absolute atomic E-state index is 0.107. The summed E-state index contributed by atoms with van der Waals surface area (Å²) in [5, 5.41) is 2.92. The second-order valence-electron chi connectivity index (χ2n) is 8.29. The second kappa shape index (κ2) is 9.21. The van der Waals surface area contributed by atoms with Crippen LogP contribution in [-0.2, 0) is 0 Å². The number of halogens is 3. The largest absolute Gasteiger partial charge is 0.351 e. The molecule has 2 aromatic carbocycles. The Balaban J connectivity index is 1.36. The van der Waals surface area contributed by atoms with E-state index in [1.54, 1.807) is 17.0 Å². The van der Waals surface area contributed by atoms with Gasteiger partial charge in [0.1, 0.15) is 11.8 Å². The first-order valence-corrected chi connectivity index (χ1v) is 11.0. The van der Waals surface area contributed by atoms with Gasteiger partial charge in [0.2, 0.25) is 0 Å². The van der Waals surface area contributed by atoms with Crippen molar-refractivity contribution in [1.29, 1.82) is 0 Å². The normalized spacial score (nSPS) is 13.8. The molecule has 5 rings (SSSR count). The van der Waals surface area contributed by atoms with Crippen molar-refractivity contribution in [2.45, 2.75) is 6.92 Å². The fourth-order valence-electron chi connectivity index (χ4n) is 4.07. The van der Waals surface area contributed by atoms with Gasteiger partial charge in [0.15, 0.2) is 23.3 Å². The monoisotopic (exact) mass is 478 g/mol. The zero-order valence-corrected chi connectivity index (χ0v) is 18.8. The molecule has 0 atom stereocenters. The van der Waals surface area contributed by atoms with Gasteiger partial charge >= 0.3 is 6.03 Å². The van der Waals surface area contributed by atoms with Gasteiger partial charge in [0.25, 0.3) is 0 Å². The lowest BCUT2D eigenvalue weighted by molar-refractivity contribution is 0.208. The number of fused-ring (bicyclic) bond motifs is 1. The van der Waals surface area contributed by atoms with E-state index in [1.807, 2.05) is 36.1 Å². The average Bonchev–Trinajstić information content (AvgIpc) is 2.86. The maximum atomic E-state index is 13.8. The van der Waals surface area contributed by atoms with Gasteiger partial charge in [0.05, 0.1) is 11.2 Å². The van der Waals surface area contributed by atoms with Crippen LogP contribution in [0.2, 0.25) is 0 Å². The molecule has 178 valence electrons. The first-order valence-electron chi connectivity index (χ1n) is 11.0. The molecular formula is C25H21F3N6O. The standard InChI is InChI=1S/C25H21F3N6O/c1-15-3-2-4-17(11-15)31-25(35)34-9-7-33(8-10-34)24-23-21(29-14-30-24)6-5-20(32-23)16-12-18(26)22(28)19(27)13-16/h2-6,11-14H,7-10H2,1H3,(H,31,35). The molecule has 0 spiro atoms. The number of rotatable bonds is 3. The van der Waals surface area contributed by atoms with Crippen LogP contribution < -0.4 is 10.2 Å². The number of amides is 2. The highest BCUT2D eigenvalue weighted by Crippen LogP contribution is 2.28. The van der Waals surface area contributed by atoms with Crippen LogP contribution in [0.15, 0.2) is 54.9 Å². The molecule has 1 fully saturated rings. The Hall–Kier alpha value is -4.21. The summed E-state index contributed by atoms with van der Waals surface area (Å²) in [7, 11) is 0. The fraction of sp³-hybridized carbons (Fsp3) is 0.200. The van der Waals surface area contributed by atoms with Crippen LogP contribution in [0.5, 0.6) is 0 Å².